The van der Waals surface area contributed by atoms with E-state index in [9.17, 15) is 0 Å². The van der Waals surface area contributed by atoms with Gasteiger partial charge in [-0.1, -0.05) is 6.92 Å². The molecule has 0 aliphatic heterocycles. The van der Waals surface area contributed by atoms with E-state index in [-0.39, 0.29) is 0 Å². The van der Waals surface area contributed by atoms with E-state index in [0.29, 0.717) is 6.04 Å². The van der Waals surface area contributed by atoms with Gasteiger partial charge in [-0.2, -0.15) is 5.10 Å². The molecule has 4 nitrogen and oxygen atoms in total. The summed E-state index contributed by atoms with van der Waals surface area (Å²) >= 11 is 0. The second kappa shape index (κ2) is 5.65. The van der Waals surface area contributed by atoms with E-state index in [1.165, 1.54) is 6.42 Å². The quantitative estimate of drug-likeness (QED) is 0.672. The maximum atomic E-state index is 4.23. The third-order valence-corrected chi connectivity index (χ3v) is 2.25. The molecule has 0 radical (unpaired) electrons. The molecule has 0 saturated heterocycles. The van der Waals surface area contributed by atoms with Gasteiger partial charge < -0.3 is 10.6 Å². The minimum absolute atomic E-state index is 0.598. The number of nitrogens with zero attached hydrogens (tertiary/aromatic N) is 2. The average molecular weight is 196 g/mol. The van der Waals surface area contributed by atoms with Crippen LogP contribution in [0.2, 0.25) is 0 Å². The van der Waals surface area contributed by atoms with Crippen LogP contribution >= 0.6 is 0 Å². The smallest absolute Gasteiger partial charge is 0.148 e. The first-order valence-electron chi connectivity index (χ1n) is 5.19. The van der Waals surface area contributed by atoms with Crippen LogP contribution in [0.15, 0.2) is 12.3 Å². The van der Waals surface area contributed by atoms with Gasteiger partial charge in [-0.25, -0.2) is 0 Å². The molecule has 0 spiro atoms. The van der Waals surface area contributed by atoms with Gasteiger partial charge in [0.2, 0.25) is 0 Å². The van der Waals surface area contributed by atoms with E-state index in [1.807, 2.05) is 19.3 Å². The van der Waals surface area contributed by atoms with Gasteiger partial charge in [0.15, 0.2) is 0 Å². The molecule has 0 aromatic carbocycles. The molecule has 2 N–H and O–H groups in total. The maximum absolute atomic E-state index is 4.23. The third kappa shape index (κ3) is 3.79. The zero-order valence-electron chi connectivity index (χ0n) is 9.25. The molecule has 80 valence electrons. The van der Waals surface area contributed by atoms with E-state index >= 15 is 0 Å². The summed E-state index contributed by atoms with van der Waals surface area (Å²) in [5, 5.41) is 10.9. The third-order valence-electron chi connectivity index (χ3n) is 2.25. The first kappa shape index (κ1) is 11.0. The SMILES string of the molecule is CCC(C)NCCNc1ccn(C)n1. The number of rotatable bonds is 6. The molecule has 1 aromatic rings. The fraction of sp³-hybridized carbons (Fsp3) is 0.700. The molecule has 1 unspecified atom stereocenters. The van der Waals surface area contributed by atoms with Gasteiger partial charge in [-0.3, -0.25) is 4.68 Å². The Balaban J connectivity index is 2.10. The molecule has 0 fully saturated rings. The van der Waals surface area contributed by atoms with Gasteiger partial charge in [0.05, 0.1) is 0 Å². The second-order valence-corrected chi connectivity index (χ2v) is 3.56. The predicted molar refractivity (Wildman–Crippen MR) is 59.5 cm³/mol. The number of hydrogen-bond donors (Lipinski definition) is 2. The molecule has 0 aliphatic rings. The molecule has 0 bridgehead atoms. The van der Waals surface area contributed by atoms with Gasteiger partial charge in [-0.15, -0.1) is 0 Å². The second-order valence-electron chi connectivity index (χ2n) is 3.56. The van der Waals surface area contributed by atoms with Crippen LogP contribution in [0, 0.1) is 0 Å². The monoisotopic (exact) mass is 196 g/mol. The summed E-state index contributed by atoms with van der Waals surface area (Å²) in [6.45, 7) is 6.28. The normalized spacial score (nSPS) is 12.8. The Hall–Kier alpha value is -1.03. The van der Waals surface area contributed by atoms with Crippen LogP contribution in [0.3, 0.4) is 0 Å². The largest absolute Gasteiger partial charge is 0.367 e. The van der Waals surface area contributed by atoms with E-state index < -0.39 is 0 Å². The fourth-order valence-corrected chi connectivity index (χ4v) is 1.16. The predicted octanol–water partition coefficient (Wildman–Crippen LogP) is 1.22. The van der Waals surface area contributed by atoms with Crippen molar-refractivity contribution >= 4 is 5.82 Å². The van der Waals surface area contributed by atoms with Crippen molar-refractivity contribution in [2.45, 2.75) is 26.3 Å². The van der Waals surface area contributed by atoms with Crippen molar-refractivity contribution in [3.05, 3.63) is 12.3 Å². The van der Waals surface area contributed by atoms with Crippen molar-refractivity contribution in [1.29, 1.82) is 0 Å². The highest BCUT2D eigenvalue weighted by atomic mass is 15.3. The van der Waals surface area contributed by atoms with E-state index in [2.05, 4.69) is 29.6 Å². The summed E-state index contributed by atoms with van der Waals surface area (Å²) in [6.07, 6.45) is 3.11. The summed E-state index contributed by atoms with van der Waals surface area (Å²) in [6, 6.07) is 2.57. The molecule has 0 amide bonds. The van der Waals surface area contributed by atoms with Crippen molar-refractivity contribution in [1.82, 2.24) is 15.1 Å². The van der Waals surface area contributed by atoms with Crippen LogP contribution in [-0.2, 0) is 7.05 Å². The van der Waals surface area contributed by atoms with Crippen molar-refractivity contribution in [3.8, 4) is 0 Å². The Morgan fingerprint density at radius 3 is 2.86 bits per heavy atom. The molecule has 1 heterocycles. The topological polar surface area (TPSA) is 41.9 Å². The van der Waals surface area contributed by atoms with Crippen molar-refractivity contribution < 1.29 is 0 Å². The van der Waals surface area contributed by atoms with Crippen LogP contribution in [0.1, 0.15) is 20.3 Å². The van der Waals surface area contributed by atoms with Gasteiger partial charge in [0.1, 0.15) is 5.82 Å². The summed E-state index contributed by atoms with van der Waals surface area (Å²) < 4.78 is 1.80. The summed E-state index contributed by atoms with van der Waals surface area (Å²) in [5.74, 6) is 0.943. The molecule has 0 aliphatic carbocycles. The van der Waals surface area contributed by atoms with Crippen LogP contribution in [0.4, 0.5) is 5.82 Å². The Morgan fingerprint density at radius 2 is 2.29 bits per heavy atom. The van der Waals surface area contributed by atoms with Crippen LogP contribution in [-0.4, -0.2) is 28.9 Å². The van der Waals surface area contributed by atoms with Gasteiger partial charge in [-0.05, 0) is 13.3 Å². The standard InChI is InChI=1S/C10H20N4/c1-4-9(2)11-6-7-12-10-5-8-14(3)13-10/h5,8-9,11H,4,6-7H2,1-3H3,(H,12,13). The van der Waals surface area contributed by atoms with E-state index in [1.54, 1.807) is 4.68 Å². The van der Waals surface area contributed by atoms with Crippen LogP contribution in [0.5, 0.6) is 0 Å². The van der Waals surface area contributed by atoms with Crippen LogP contribution in [0.25, 0.3) is 0 Å². The number of aromatic nitrogens is 2. The number of anilines is 1. The molecular weight excluding hydrogens is 176 g/mol. The fourth-order valence-electron chi connectivity index (χ4n) is 1.16. The summed E-state index contributed by atoms with van der Waals surface area (Å²) in [7, 11) is 1.92. The lowest BCUT2D eigenvalue weighted by Gasteiger charge is -2.10. The lowest BCUT2D eigenvalue weighted by molar-refractivity contribution is 0.545. The Bertz CT molecular complexity index is 256. The first-order valence-corrected chi connectivity index (χ1v) is 5.19. The number of nitrogens with one attached hydrogen (secondary N) is 2. The Morgan fingerprint density at radius 1 is 1.50 bits per heavy atom. The lowest BCUT2D eigenvalue weighted by atomic mass is 10.3. The highest BCUT2D eigenvalue weighted by Gasteiger charge is 1.97. The van der Waals surface area contributed by atoms with Gasteiger partial charge in [0, 0.05) is 38.4 Å². The average Bonchev–Trinajstić information content (AvgIpc) is 2.58. The number of hydrogen-bond acceptors (Lipinski definition) is 3. The Labute approximate surface area is 85.7 Å². The highest BCUT2D eigenvalue weighted by molar-refractivity contribution is 5.31. The molecule has 1 rings (SSSR count). The number of aryl methyl sites for hydroxylation is 1. The highest BCUT2D eigenvalue weighted by Crippen LogP contribution is 1.99. The van der Waals surface area contributed by atoms with Crippen molar-refractivity contribution in [2.24, 2.45) is 7.05 Å². The van der Waals surface area contributed by atoms with E-state index in [0.717, 1.165) is 18.9 Å². The van der Waals surface area contributed by atoms with Crippen LogP contribution < -0.4 is 10.6 Å². The lowest BCUT2D eigenvalue weighted by Crippen LogP contribution is -2.30. The van der Waals surface area contributed by atoms with E-state index in [4.69, 9.17) is 0 Å². The summed E-state index contributed by atoms with van der Waals surface area (Å²) in [5.41, 5.74) is 0. The summed E-state index contributed by atoms with van der Waals surface area (Å²) in [4.78, 5) is 0. The molecule has 1 aromatic heterocycles. The molecule has 0 saturated carbocycles. The minimum Gasteiger partial charge on any atom is -0.367 e. The zero-order chi connectivity index (χ0) is 10.4. The molecule has 1 atom stereocenters. The van der Waals surface area contributed by atoms with Gasteiger partial charge in [0.25, 0.3) is 0 Å². The minimum atomic E-state index is 0.598. The maximum Gasteiger partial charge on any atom is 0.148 e. The first-order chi connectivity index (χ1) is 6.72. The Kier molecular flexibility index (Phi) is 4.46. The van der Waals surface area contributed by atoms with Crippen molar-refractivity contribution in [3.63, 3.8) is 0 Å². The van der Waals surface area contributed by atoms with Gasteiger partial charge >= 0.3 is 0 Å². The molecular formula is C10H20N4. The molecule has 4 heteroatoms. The zero-order valence-corrected chi connectivity index (χ0v) is 9.25. The van der Waals surface area contributed by atoms with Crippen molar-refractivity contribution in [2.75, 3.05) is 18.4 Å². The molecule has 14 heavy (non-hydrogen) atoms.